The van der Waals surface area contributed by atoms with Gasteiger partial charge in [-0.1, -0.05) is 18.2 Å². The van der Waals surface area contributed by atoms with Gasteiger partial charge >= 0.3 is 5.97 Å². The SMILES string of the molecule is C[C@H](OC(=O)Cc1coc2cc(O)ccc12)C(=O)NNC(=O)c1ccccc1. The Bertz CT molecular complexity index is 1010. The van der Waals surface area contributed by atoms with Gasteiger partial charge in [0.2, 0.25) is 0 Å². The van der Waals surface area contributed by atoms with Gasteiger partial charge in [-0.2, -0.15) is 0 Å². The van der Waals surface area contributed by atoms with Crippen molar-refractivity contribution in [1.82, 2.24) is 10.9 Å². The van der Waals surface area contributed by atoms with E-state index in [4.69, 9.17) is 9.15 Å². The van der Waals surface area contributed by atoms with Crippen LogP contribution in [0.5, 0.6) is 5.75 Å². The van der Waals surface area contributed by atoms with Crippen molar-refractivity contribution in [3.8, 4) is 5.75 Å². The predicted octanol–water partition coefficient (Wildman–Crippen LogP) is 2.07. The van der Waals surface area contributed by atoms with Gasteiger partial charge in [-0.05, 0) is 31.2 Å². The molecule has 28 heavy (non-hydrogen) atoms. The second-order valence-corrected chi connectivity index (χ2v) is 6.06. The summed E-state index contributed by atoms with van der Waals surface area (Å²) in [6, 6.07) is 12.9. The minimum Gasteiger partial charge on any atom is -0.508 e. The molecular weight excluding hydrogens is 364 g/mol. The summed E-state index contributed by atoms with van der Waals surface area (Å²) in [5, 5.41) is 10.1. The zero-order valence-electron chi connectivity index (χ0n) is 15.0. The molecule has 0 aliphatic carbocycles. The summed E-state index contributed by atoms with van der Waals surface area (Å²) in [6.45, 7) is 1.40. The number of phenolic OH excluding ortho intramolecular Hbond substituents is 1. The Hall–Kier alpha value is -3.81. The fourth-order valence-corrected chi connectivity index (χ4v) is 2.54. The highest BCUT2D eigenvalue weighted by Gasteiger charge is 2.20. The molecular formula is C20H18N2O6. The Morgan fingerprint density at radius 1 is 1.11 bits per heavy atom. The maximum atomic E-state index is 12.1. The first-order valence-electron chi connectivity index (χ1n) is 8.48. The van der Waals surface area contributed by atoms with Crippen LogP contribution in [-0.4, -0.2) is 29.0 Å². The van der Waals surface area contributed by atoms with E-state index in [2.05, 4.69) is 10.9 Å². The number of benzene rings is 2. The molecule has 2 amide bonds. The van der Waals surface area contributed by atoms with Crippen LogP contribution in [0.1, 0.15) is 22.8 Å². The Kier molecular flexibility index (Phi) is 5.59. The van der Waals surface area contributed by atoms with Crippen molar-refractivity contribution in [1.29, 1.82) is 0 Å². The van der Waals surface area contributed by atoms with Crippen LogP contribution >= 0.6 is 0 Å². The first-order valence-corrected chi connectivity index (χ1v) is 8.48. The van der Waals surface area contributed by atoms with E-state index in [1.807, 2.05) is 0 Å². The zero-order valence-corrected chi connectivity index (χ0v) is 15.0. The number of esters is 1. The average Bonchev–Trinajstić information content (AvgIpc) is 3.07. The lowest BCUT2D eigenvalue weighted by Crippen LogP contribution is -2.46. The first kappa shape index (κ1) is 19.0. The number of nitrogens with one attached hydrogen (secondary N) is 2. The number of furan rings is 1. The van der Waals surface area contributed by atoms with Gasteiger partial charge < -0.3 is 14.3 Å². The summed E-state index contributed by atoms with van der Waals surface area (Å²) in [5.74, 6) is -1.73. The summed E-state index contributed by atoms with van der Waals surface area (Å²) in [5.41, 5.74) is 5.87. The van der Waals surface area contributed by atoms with Crippen LogP contribution < -0.4 is 10.9 Å². The Labute approximate surface area is 160 Å². The summed E-state index contributed by atoms with van der Waals surface area (Å²) in [7, 11) is 0. The zero-order chi connectivity index (χ0) is 20.1. The Morgan fingerprint density at radius 3 is 2.61 bits per heavy atom. The normalized spacial score (nSPS) is 11.6. The van der Waals surface area contributed by atoms with Gasteiger partial charge in [0.05, 0.1) is 12.7 Å². The fourth-order valence-electron chi connectivity index (χ4n) is 2.54. The number of hydrazine groups is 1. The molecule has 0 fully saturated rings. The molecule has 8 heteroatoms. The third-order valence-corrected chi connectivity index (χ3v) is 3.99. The molecule has 3 rings (SSSR count). The van der Waals surface area contributed by atoms with Crippen molar-refractivity contribution in [3.05, 3.63) is 65.9 Å². The second-order valence-electron chi connectivity index (χ2n) is 6.06. The smallest absolute Gasteiger partial charge is 0.311 e. The molecule has 0 bridgehead atoms. The molecule has 0 aliphatic heterocycles. The number of hydrogen-bond donors (Lipinski definition) is 3. The van der Waals surface area contributed by atoms with Gasteiger partial charge in [0.15, 0.2) is 6.10 Å². The van der Waals surface area contributed by atoms with Crippen LogP contribution in [0.2, 0.25) is 0 Å². The van der Waals surface area contributed by atoms with E-state index < -0.39 is 23.9 Å². The molecule has 0 aliphatic rings. The Morgan fingerprint density at radius 2 is 1.86 bits per heavy atom. The maximum Gasteiger partial charge on any atom is 0.311 e. The number of ether oxygens (including phenoxy) is 1. The molecule has 0 unspecified atom stereocenters. The quantitative estimate of drug-likeness (QED) is 0.459. The molecule has 0 spiro atoms. The van der Waals surface area contributed by atoms with Crippen LogP contribution in [-0.2, 0) is 20.7 Å². The van der Waals surface area contributed by atoms with Gasteiger partial charge in [-0.15, -0.1) is 0 Å². The van der Waals surface area contributed by atoms with Crippen LogP contribution in [0.25, 0.3) is 11.0 Å². The molecule has 144 valence electrons. The average molecular weight is 382 g/mol. The van der Waals surface area contributed by atoms with E-state index in [9.17, 15) is 19.5 Å². The number of phenols is 1. The van der Waals surface area contributed by atoms with E-state index in [-0.39, 0.29) is 12.2 Å². The van der Waals surface area contributed by atoms with Crippen molar-refractivity contribution in [3.63, 3.8) is 0 Å². The number of fused-ring (bicyclic) bond motifs is 1. The molecule has 1 heterocycles. The van der Waals surface area contributed by atoms with Crippen LogP contribution in [0.15, 0.2) is 59.2 Å². The number of rotatable bonds is 5. The van der Waals surface area contributed by atoms with E-state index in [1.165, 1.54) is 25.3 Å². The first-order chi connectivity index (χ1) is 13.4. The predicted molar refractivity (Wildman–Crippen MR) is 99.2 cm³/mol. The highest BCUT2D eigenvalue weighted by Crippen LogP contribution is 2.25. The molecule has 0 radical (unpaired) electrons. The molecule has 8 nitrogen and oxygen atoms in total. The van der Waals surface area contributed by atoms with Crippen molar-refractivity contribution < 1.29 is 28.6 Å². The third kappa shape index (κ3) is 4.47. The van der Waals surface area contributed by atoms with Gasteiger partial charge in [0.25, 0.3) is 11.8 Å². The molecule has 1 aromatic heterocycles. The number of aromatic hydroxyl groups is 1. The number of hydrogen-bond acceptors (Lipinski definition) is 6. The van der Waals surface area contributed by atoms with E-state index >= 15 is 0 Å². The number of carbonyl (C=O) groups excluding carboxylic acids is 3. The van der Waals surface area contributed by atoms with Crippen molar-refractivity contribution in [2.75, 3.05) is 0 Å². The maximum absolute atomic E-state index is 12.1. The number of amides is 2. The summed E-state index contributed by atoms with van der Waals surface area (Å²) in [6.07, 6.45) is 0.188. The molecule has 1 atom stereocenters. The lowest BCUT2D eigenvalue weighted by molar-refractivity contribution is -0.154. The van der Waals surface area contributed by atoms with Crippen LogP contribution in [0.3, 0.4) is 0 Å². The third-order valence-electron chi connectivity index (χ3n) is 3.99. The lowest BCUT2D eigenvalue weighted by atomic mass is 10.1. The minimum absolute atomic E-state index is 0.0545. The molecule has 0 saturated heterocycles. The topological polar surface area (TPSA) is 118 Å². The van der Waals surface area contributed by atoms with Gasteiger partial charge in [-0.25, -0.2) is 0 Å². The fraction of sp³-hybridized carbons (Fsp3) is 0.150. The van der Waals surface area contributed by atoms with E-state index in [1.54, 1.807) is 36.4 Å². The molecule has 2 aromatic carbocycles. The van der Waals surface area contributed by atoms with Crippen LogP contribution in [0.4, 0.5) is 0 Å². The highest BCUT2D eigenvalue weighted by molar-refractivity contribution is 5.96. The Balaban J connectivity index is 1.51. The largest absolute Gasteiger partial charge is 0.508 e. The summed E-state index contributed by atoms with van der Waals surface area (Å²) >= 11 is 0. The monoisotopic (exact) mass is 382 g/mol. The number of carbonyl (C=O) groups is 3. The highest BCUT2D eigenvalue weighted by atomic mass is 16.5. The van der Waals surface area contributed by atoms with Crippen LogP contribution in [0, 0.1) is 0 Å². The molecule has 3 aromatic rings. The second kappa shape index (κ2) is 8.26. The molecule has 3 N–H and O–H groups in total. The van der Waals surface area contributed by atoms with Gasteiger partial charge in [0.1, 0.15) is 11.3 Å². The van der Waals surface area contributed by atoms with Gasteiger partial charge in [0, 0.05) is 22.6 Å². The van der Waals surface area contributed by atoms with E-state index in [0.29, 0.717) is 22.1 Å². The summed E-state index contributed by atoms with van der Waals surface area (Å²) in [4.78, 5) is 36.0. The summed E-state index contributed by atoms with van der Waals surface area (Å²) < 4.78 is 10.4. The van der Waals surface area contributed by atoms with Crippen molar-refractivity contribution in [2.45, 2.75) is 19.4 Å². The lowest BCUT2D eigenvalue weighted by Gasteiger charge is -2.14. The minimum atomic E-state index is -1.11. The van der Waals surface area contributed by atoms with Crippen molar-refractivity contribution >= 4 is 28.8 Å². The van der Waals surface area contributed by atoms with E-state index in [0.717, 1.165) is 0 Å². The van der Waals surface area contributed by atoms with Crippen molar-refractivity contribution in [2.24, 2.45) is 0 Å². The standard InChI is InChI=1S/C20H18N2O6/c1-12(19(25)21-22-20(26)13-5-3-2-4-6-13)28-18(24)9-14-11-27-17-10-15(23)7-8-16(14)17/h2-8,10-12,23H,9H2,1H3,(H,21,25)(H,22,26)/t12-/m0/s1. The molecule has 0 saturated carbocycles. The van der Waals surface area contributed by atoms with Gasteiger partial charge in [-0.3, -0.25) is 25.2 Å².